The monoisotopic (exact) mass is 169 g/mol. The van der Waals surface area contributed by atoms with E-state index in [0.29, 0.717) is 6.54 Å². The molecule has 0 heterocycles. The first kappa shape index (κ1) is 11.2. The quantitative estimate of drug-likeness (QED) is 0.337. The Labute approximate surface area is 75.0 Å². The summed E-state index contributed by atoms with van der Waals surface area (Å²) < 4.78 is 0. The topological polar surface area (TPSA) is 29.1 Å². The smallest absolute Gasteiger partial charge is 0.207 e. The number of allylic oxidation sites excluding steroid dienone is 1. The number of nitrogens with one attached hydrogen (secondary N) is 1. The maximum atomic E-state index is 9.83. The molecule has 12 heavy (non-hydrogen) atoms. The van der Waals surface area contributed by atoms with E-state index in [1.165, 1.54) is 25.7 Å². The van der Waals surface area contributed by atoms with Gasteiger partial charge in [0.2, 0.25) is 6.41 Å². The van der Waals surface area contributed by atoms with E-state index in [-0.39, 0.29) is 0 Å². The first-order chi connectivity index (χ1) is 5.91. The molecule has 1 N–H and O–H groups in total. The van der Waals surface area contributed by atoms with Gasteiger partial charge in [0.05, 0.1) is 0 Å². The van der Waals surface area contributed by atoms with Crippen molar-refractivity contribution in [3.05, 3.63) is 12.2 Å². The summed E-state index contributed by atoms with van der Waals surface area (Å²) in [6, 6.07) is 0. The minimum absolute atomic E-state index is 0.664. The van der Waals surface area contributed by atoms with E-state index in [0.717, 1.165) is 12.8 Å². The van der Waals surface area contributed by atoms with Crippen molar-refractivity contribution in [2.24, 2.45) is 0 Å². The van der Waals surface area contributed by atoms with Crippen molar-refractivity contribution in [2.75, 3.05) is 6.54 Å². The van der Waals surface area contributed by atoms with E-state index in [4.69, 9.17) is 0 Å². The second-order valence-corrected chi connectivity index (χ2v) is 2.85. The minimum atomic E-state index is 0.664. The van der Waals surface area contributed by atoms with Crippen LogP contribution in [-0.2, 0) is 4.79 Å². The Balaban J connectivity index is 2.97. The van der Waals surface area contributed by atoms with Crippen molar-refractivity contribution < 1.29 is 4.79 Å². The summed E-state index contributed by atoms with van der Waals surface area (Å²) in [5.74, 6) is 0. The van der Waals surface area contributed by atoms with Gasteiger partial charge in [-0.2, -0.15) is 0 Å². The third-order valence-electron chi connectivity index (χ3n) is 1.71. The summed E-state index contributed by atoms with van der Waals surface area (Å²) in [5, 5.41) is 2.58. The maximum Gasteiger partial charge on any atom is 0.207 e. The van der Waals surface area contributed by atoms with E-state index >= 15 is 0 Å². The van der Waals surface area contributed by atoms with Gasteiger partial charge in [-0.1, -0.05) is 38.3 Å². The second-order valence-electron chi connectivity index (χ2n) is 2.85. The molecule has 0 unspecified atom stereocenters. The number of rotatable bonds is 8. The average molecular weight is 169 g/mol. The fourth-order valence-corrected chi connectivity index (χ4v) is 1.01. The summed E-state index contributed by atoms with van der Waals surface area (Å²) in [5.41, 5.74) is 0. The number of amides is 1. The van der Waals surface area contributed by atoms with Crippen molar-refractivity contribution in [3.63, 3.8) is 0 Å². The average Bonchev–Trinajstić information content (AvgIpc) is 2.10. The van der Waals surface area contributed by atoms with Crippen LogP contribution in [0.3, 0.4) is 0 Å². The van der Waals surface area contributed by atoms with Gasteiger partial charge in [-0.25, -0.2) is 0 Å². The molecule has 1 amide bonds. The van der Waals surface area contributed by atoms with E-state index in [1.807, 2.05) is 6.08 Å². The van der Waals surface area contributed by atoms with Gasteiger partial charge >= 0.3 is 0 Å². The first-order valence-corrected chi connectivity index (χ1v) is 4.73. The summed E-state index contributed by atoms with van der Waals surface area (Å²) in [7, 11) is 0. The van der Waals surface area contributed by atoms with Crippen LogP contribution < -0.4 is 5.32 Å². The Morgan fingerprint density at radius 2 is 2.00 bits per heavy atom. The highest BCUT2D eigenvalue weighted by molar-refractivity contribution is 5.46. The molecule has 0 saturated heterocycles. The van der Waals surface area contributed by atoms with Crippen LogP contribution in [0.25, 0.3) is 0 Å². The largest absolute Gasteiger partial charge is 0.355 e. The molecule has 0 aromatic rings. The molecule has 2 nitrogen and oxygen atoms in total. The molecule has 0 aromatic heterocycles. The predicted octanol–water partition coefficient (Wildman–Crippen LogP) is 2.26. The fourth-order valence-electron chi connectivity index (χ4n) is 1.01. The van der Waals surface area contributed by atoms with Gasteiger partial charge in [-0.15, -0.1) is 0 Å². The molecule has 0 atom stereocenters. The van der Waals surface area contributed by atoms with Crippen molar-refractivity contribution in [3.8, 4) is 0 Å². The fraction of sp³-hybridized carbons (Fsp3) is 0.700. The lowest BCUT2D eigenvalue weighted by Crippen LogP contribution is -2.09. The normalized spacial score (nSPS) is 10.4. The lowest BCUT2D eigenvalue weighted by atomic mass is 10.1. The van der Waals surface area contributed by atoms with E-state index in [9.17, 15) is 4.79 Å². The zero-order valence-corrected chi connectivity index (χ0v) is 7.88. The summed E-state index contributed by atoms with van der Waals surface area (Å²) >= 11 is 0. The molecule has 0 fully saturated rings. The Hall–Kier alpha value is -0.790. The molecule has 0 aromatic carbocycles. The molecule has 70 valence electrons. The zero-order valence-electron chi connectivity index (χ0n) is 7.88. The molecule has 0 bridgehead atoms. The standard InChI is InChI=1S/C10H19NO/c1-2-3-4-5-6-7-8-9-11-10-12/h7-8,10H,2-6,9H2,1H3,(H,11,12)/b8-7+. The van der Waals surface area contributed by atoms with Crippen LogP contribution in [0.4, 0.5) is 0 Å². The molecule has 2 heteroatoms. The highest BCUT2D eigenvalue weighted by Crippen LogP contribution is 2.02. The molecule has 0 rings (SSSR count). The van der Waals surface area contributed by atoms with Gasteiger partial charge in [-0.3, -0.25) is 4.79 Å². The number of hydrogen-bond acceptors (Lipinski definition) is 1. The molecule has 0 spiro atoms. The Morgan fingerprint density at radius 1 is 1.17 bits per heavy atom. The van der Waals surface area contributed by atoms with Crippen LogP contribution in [0.15, 0.2) is 12.2 Å². The van der Waals surface area contributed by atoms with Crippen molar-refractivity contribution >= 4 is 6.41 Å². The summed E-state index contributed by atoms with van der Waals surface area (Å²) in [4.78, 5) is 9.83. The first-order valence-electron chi connectivity index (χ1n) is 4.73. The van der Waals surface area contributed by atoms with Gasteiger partial charge in [0.25, 0.3) is 0 Å². The number of carbonyl (C=O) groups excluding carboxylic acids is 1. The van der Waals surface area contributed by atoms with E-state index < -0.39 is 0 Å². The van der Waals surface area contributed by atoms with Crippen LogP contribution in [-0.4, -0.2) is 13.0 Å². The van der Waals surface area contributed by atoms with Crippen molar-refractivity contribution in [1.82, 2.24) is 5.32 Å². The third-order valence-corrected chi connectivity index (χ3v) is 1.71. The van der Waals surface area contributed by atoms with Crippen molar-refractivity contribution in [2.45, 2.75) is 39.0 Å². The molecule has 0 saturated carbocycles. The number of unbranched alkanes of at least 4 members (excludes halogenated alkanes) is 4. The van der Waals surface area contributed by atoms with Gasteiger partial charge in [0.15, 0.2) is 0 Å². The van der Waals surface area contributed by atoms with Gasteiger partial charge in [0, 0.05) is 6.54 Å². The highest BCUT2D eigenvalue weighted by atomic mass is 16.1. The Kier molecular flexibility index (Phi) is 9.54. The van der Waals surface area contributed by atoms with Gasteiger partial charge in [-0.05, 0) is 12.8 Å². The van der Waals surface area contributed by atoms with Crippen LogP contribution in [0, 0.1) is 0 Å². The van der Waals surface area contributed by atoms with E-state index in [2.05, 4.69) is 18.3 Å². The highest BCUT2D eigenvalue weighted by Gasteiger charge is 1.83. The Bertz CT molecular complexity index is 121. The van der Waals surface area contributed by atoms with Crippen LogP contribution in [0.1, 0.15) is 39.0 Å². The maximum absolute atomic E-state index is 9.83. The molecule has 0 radical (unpaired) electrons. The summed E-state index contributed by atoms with van der Waals surface area (Å²) in [6.45, 7) is 2.88. The molecule has 0 aliphatic rings. The third kappa shape index (κ3) is 9.21. The minimum Gasteiger partial charge on any atom is -0.355 e. The lowest BCUT2D eigenvalue weighted by Gasteiger charge is -1.94. The molecular weight excluding hydrogens is 150 g/mol. The van der Waals surface area contributed by atoms with E-state index in [1.54, 1.807) is 0 Å². The van der Waals surface area contributed by atoms with Crippen LogP contribution >= 0.6 is 0 Å². The number of carbonyl (C=O) groups is 1. The van der Waals surface area contributed by atoms with Gasteiger partial charge in [0.1, 0.15) is 0 Å². The van der Waals surface area contributed by atoms with Crippen molar-refractivity contribution in [1.29, 1.82) is 0 Å². The lowest BCUT2D eigenvalue weighted by molar-refractivity contribution is -0.109. The van der Waals surface area contributed by atoms with Gasteiger partial charge < -0.3 is 5.32 Å². The summed E-state index contributed by atoms with van der Waals surface area (Å²) in [6.07, 6.45) is 11.2. The molecule has 0 aliphatic heterocycles. The molecular formula is C10H19NO. The number of hydrogen-bond donors (Lipinski definition) is 1. The molecule has 0 aliphatic carbocycles. The second kappa shape index (κ2) is 10.2. The van der Waals surface area contributed by atoms with Crippen LogP contribution in [0.5, 0.6) is 0 Å². The Morgan fingerprint density at radius 3 is 2.67 bits per heavy atom. The van der Waals surface area contributed by atoms with Crippen LogP contribution in [0.2, 0.25) is 0 Å². The SMILES string of the molecule is CCCCCC/C=C/CNC=O. The zero-order chi connectivity index (χ0) is 9.07. The predicted molar refractivity (Wildman–Crippen MR) is 52.0 cm³/mol.